The lowest BCUT2D eigenvalue weighted by atomic mass is 9.89. The first-order chi connectivity index (χ1) is 12.0. The van der Waals surface area contributed by atoms with E-state index in [1.165, 1.54) is 0 Å². The molecule has 0 aliphatic carbocycles. The van der Waals surface area contributed by atoms with Gasteiger partial charge in [-0.05, 0) is 62.3 Å². The number of hydrogen-bond donors (Lipinski definition) is 1. The van der Waals surface area contributed by atoms with Gasteiger partial charge in [-0.3, -0.25) is 9.59 Å². The van der Waals surface area contributed by atoms with Crippen LogP contribution >= 0.6 is 0 Å². The van der Waals surface area contributed by atoms with E-state index in [0.717, 1.165) is 24.8 Å². The minimum Gasteiger partial charge on any atom is -0.367 e. The van der Waals surface area contributed by atoms with Crippen LogP contribution in [0.3, 0.4) is 0 Å². The van der Waals surface area contributed by atoms with Crippen molar-refractivity contribution in [2.24, 2.45) is 11.7 Å². The Morgan fingerprint density at radius 1 is 1.24 bits per heavy atom. The molecule has 0 saturated carbocycles. The number of amides is 2. The normalized spacial score (nSPS) is 24.1. The number of nitriles is 1. The highest BCUT2D eigenvalue weighted by atomic mass is 16.5. The van der Waals surface area contributed by atoms with Crippen molar-refractivity contribution in [1.29, 1.82) is 5.26 Å². The number of piperidine rings is 1. The van der Waals surface area contributed by atoms with Crippen LogP contribution in [-0.2, 0) is 9.53 Å². The van der Waals surface area contributed by atoms with E-state index >= 15 is 0 Å². The van der Waals surface area contributed by atoms with E-state index in [1.54, 1.807) is 18.2 Å². The fourth-order valence-corrected chi connectivity index (χ4v) is 3.84. The summed E-state index contributed by atoms with van der Waals surface area (Å²) in [5.41, 5.74) is 7.36. The van der Waals surface area contributed by atoms with E-state index in [0.29, 0.717) is 36.6 Å². The molecule has 2 fully saturated rings. The van der Waals surface area contributed by atoms with Crippen LogP contribution in [0.2, 0.25) is 0 Å². The highest BCUT2D eigenvalue weighted by Crippen LogP contribution is 2.32. The van der Waals surface area contributed by atoms with Crippen molar-refractivity contribution < 1.29 is 14.3 Å². The predicted molar refractivity (Wildman–Crippen MR) is 91.6 cm³/mol. The van der Waals surface area contributed by atoms with Gasteiger partial charge in [-0.25, -0.2) is 0 Å². The first kappa shape index (κ1) is 17.4. The number of ether oxygens (including phenoxy) is 1. The highest BCUT2D eigenvalue weighted by Gasteiger charge is 2.36. The third kappa shape index (κ3) is 3.67. The Morgan fingerprint density at radius 3 is 2.52 bits per heavy atom. The first-order valence-corrected chi connectivity index (χ1v) is 8.74. The van der Waals surface area contributed by atoms with Crippen molar-refractivity contribution >= 4 is 11.8 Å². The fourth-order valence-electron chi connectivity index (χ4n) is 3.84. The Morgan fingerprint density at radius 2 is 1.96 bits per heavy atom. The number of hydrogen-bond acceptors (Lipinski definition) is 4. The molecule has 6 heteroatoms. The zero-order valence-corrected chi connectivity index (χ0v) is 14.4. The van der Waals surface area contributed by atoms with Crippen molar-refractivity contribution in [2.45, 2.75) is 44.8 Å². The zero-order chi connectivity index (χ0) is 18.0. The van der Waals surface area contributed by atoms with Crippen LogP contribution in [-0.4, -0.2) is 42.0 Å². The number of carbonyl (C=O) groups excluding carboxylic acids is 2. The third-order valence-electron chi connectivity index (χ3n) is 5.31. The van der Waals surface area contributed by atoms with Gasteiger partial charge in [0.25, 0.3) is 5.91 Å². The molecule has 2 aliphatic heterocycles. The van der Waals surface area contributed by atoms with Crippen molar-refractivity contribution in [2.75, 3.05) is 13.1 Å². The molecule has 2 N–H and O–H groups in total. The molecule has 0 spiro atoms. The number of likely N-dealkylation sites (tertiary alicyclic amines) is 1. The summed E-state index contributed by atoms with van der Waals surface area (Å²) in [6, 6.07) is 7.26. The number of nitrogens with two attached hydrogens (primary N) is 1. The standard InChI is InChI=1S/C19H23N3O3/c1-12-10-13(11-20)2-3-15(12)19(24)22-8-6-14(7-9-22)16-4-5-17(25-16)18(21)23/h2-3,10,14,16-17H,4-9H2,1H3,(H2,21,23)/t16-,17+/m0/s1. The molecule has 0 bridgehead atoms. The lowest BCUT2D eigenvalue weighted by Crippen LogP contribution is -2.41. The minimum atomic E-state index is -0.453. The summed E-state index contributed by atoms with van der Waals surface area (Å²) in [6.45, 7) is 3.23. The predicted octanol–water partition coefficient (Wildman–Crippen LogP) is 1.75. The van der Waals surface area contributed by atoms with Gasteiger partial charge in [-0.15, -0.1) is 0 Å². The van der Waals surface area contributed by atoms with Gasteiger partial charge in [0, 0.05) is 18.7 Å². The van der Waals surface area contributed by atoms with Crippen LogP contribution in [0.5, 0.6) is 0 Å². The van der Waals surface area contributed by atoms with Gasteiger partial charge in [0.15, 0.2) is 0 Å². The van der Waals surface area contributed by atoms with Crippen molar-refractivity contribution in [1.82, 2.24) is 4.90 Å². The van der Waals surface area contributed by atoms with Crippen molar-refractivity contribution in [3.05, 3.63) is 34.9 Å². The lowest BCUT2D eigenvalue weighted by Gasteiger charge is -2.34. The van der Waals surface area contributed by atoms with E-state index in [9.17, 15) is 9.59 Å². The molecule has 0 radical (unpaired) electrons. The molecular weight excluding hydrogens is 318 g/mol. The summed E-state index contributed by atoms with van der Waals surface area (Å²) in [7, 11) is 0. The van der Waals surface area contributed by atoms with Crippen LogP contribution in [0.4, 0.5) is 0 Å². The SMILES string of the molecule is Cc1cc(C#N)ccc1C(=O)N1CCC([C@@H]2CC[C@H](C(N)=O)O2)CC1. The molecule has 2 amide bonds. The summed E-state index contributed by atoms with van der Waals surface area (Å²) >= 11 is 0. The molecular formula is C19H23N3O3. The van der Waals surface area contributed by atoms with Gasteiger partial charge in [0.1, 0.15) is 6.10 Å². The molecule has 3 rings (SSSR count). The average molecular weight is 341 g/mol. The Labute approximate surface area is 147 Å². The quantitative estimate of drug-likeness (QED) is 0.906. The van der Waals surface area contributed by atoms with E-state index in [-0.39, 0.29) is 17.9 Å². The molecule has 25 heavy (non-hydrogen) atoms. The molecule has 0 aromatic heterocycles. The van der Waals surface area contributed by atoms with Crippen molar-refractivity contribution in [3.8, 4) is 6.07 Å². The number of primary amides is 1. The topological polar surface area (TPSA) is 96.4 Å². The summed E-state index contributed by atoms with van der Waals surface area (Å²) < 4.78 is 5.78. The number of benzene rings is 1. The molecule has 0 unspecified atom stereocenters. The Balaban J connectivity index is 1.58. The number of nitrogens with zero attached hydrogens (tertiary/aromatic N) is 2. The molecule has 2 atom stereocenters. The van der Waals surface area contributed by atoms with Crippen LogP contribution in [0.15, 0.2) is 18.2 Å². The first-order valence-electron chi connectivity index (χ1n) is 8.74. The monoisotopic (exact) mass is 341 g/mol. The maximum absolute atomic E-state index is 12.7. The minimum absolute atomic E-state index is 0.0165. The Kier molecular flexibility index (Phi) is 5.05. The molecule has 132 valence electrons. The van der Waals surface area contributed by atoms with Gasteiger partial charge in [-0.1, -0.05) is 0 Å². The summed E-state index contributed by atoms with van der Waals surface area (Å²) in [6.07, 6.45) is 2.93. The molecule has 6 nitrogen and oxygen atoms in total. The van der Waals surface area contributed by atoms with E-state index in [1.807, 2.05) is 11.8 Å². The second kappa shape index (κ2) is 7.24. The smallest absolute Gasteiger partial charge is 0.254 e. The number of rotatable bonds is 3. The number of carbonyl (C=O) groups is 2. The second-order valence-corrected chi connectivity index (χ2v) is 6.91. The highest BCUT2D eigenvalue weighted by molar-refractivity contribution is 5.95. The van der Waals surface area contributed by atoms with Gasteiger partial charge in [0.05, 0.1) is 17.7 Å². The molecule has 2 saturated heterocycles. The third-order valence-corrected chi connectivity index (χ3v) is 5.31. The molecule has 1 aromatic rings. The Hall–Kier alpha value is -2.39. The maximum Gasteiger partial charge on any atom is 0.254 e. The lowest BCUT2D eigenvalue weighted by molar-refractivity contribution is -0.130. The van der Waals surface area contributed by atoms with Gasteiger partial charge < -0.3 is 15.4 Å². The molecule has 1 aromatic carbocycles. The van der Waals surface area contributed by atoms with Gasteiger partial charge in [-0.2, -0.15) is 5.26 Å². The summed E-state index contributed by atoms with van der Waals surface area (Å²) in [4.78, 5) is 25.8. The largest absolute Gasteiger partial charge is 0.367 e. The van der Waals surface area contributed by atoms with Crippen LogP contribution in [0, 0.1) is 24.2 Å². The van der Waals surface area contributed by atoms with Crippen molar-refractivity contribution in [3.63, 3.8) is 0 Å². The van der Waals surface area contributed by atoms with E-state index < -0.39 is 6.10 Å². The fraction of sp³-hybridized carbons (Fsp3) is 0.526. The van der Waals surface area contributed by atoms with Crippen LogP contribution in [0.1, 0.15) is 47.2 Å². The average Bonchev–Trinajstić information content (AvgIpc) is 3.11. The van der Waals surface area contributed by atoms with Crippen LogP contribution in [0.25, 0.3) is 0 Å². The second-order valence-electron chi connectivity index (χ2n) is 6.91. The van der Waals surface area contributed by atoms with Gasteiger partial charge in [0.2, 0.25) is 5.91 Å². The zero-order valence-electron chi connectivity index (χ0n) is 14.4. The molecule has 2 heterocycles. The molecule has 2 aliphatic rings. The summed E-state index contributed by atoms with van der Waals surface area (Å²) in [5.74, 6) is 0.00431. The Bertz CT molecular complexity index is 717. The maximum atomic E-state index is 12.7. The van der Waals surface area contributed by atoms with Crippen LogP contribution < -0.4 is 5.73 Å². The van der Waals surface area contributed by atoms with E-state index in [2.05, 4.69) is 6.07 Å². The van der Waals surface area contributed by atoms with E-state index in [4.69, 9.17) is 15.7 Å². The summed E-state index contributed by atoms with van der Waals surface area (Å²) in [5, 5.41) is 8.94. The van der Waals surface area contributed by atoms with Gasteiger partial charge >= 0.3 is 0 Å². The number of aryl methyl sites for hydroxylation is 1.